The van der Waals surface area contributed by atoms with Crippen molar-refractivity contribution in [2.24, 2.45) is 0 Å². The first-order valence-electron chi connectivity index (χ1n) is 11.4. The Labute approximate surface area is 194 Å². The normalized spacial score (nSPS) is 13.1. The van der Waals surface area contributed by atoms with Crippen LogP contribution in [0.5, 0.6) is 0 Å². The van der Waals surface area contributed by atoms with E-state index in [-0.39, 0.29) is 18.4 Å². The molecule has 1 aromatic heterocycles. The monoisotopic (exact) mass is 447 g/mol. The molecule has 2 N–H and O–H groups in total. The fourth-order valence-corrected chi connectivity index (χ4v) is 4.13. The zero-order chi connectivity index (χ0) is 22.9. The Balaban J connectivity index is 1.32. The molecule has 33 heavy (non-hydrogen) atoms. The van der Waals surface area contributed by atoms with Crippen LogP contribution in [0.1, 0.15) is 24.0 Å². The van der Waals surface area contributed by atoms with Gasteiger partial charge < -0.3 is 20.4 Å². The van der Waals surface area contributed by atoms with Crippen molar-refractivity contribution in [3.8, 4) is 0 Å². The second-order valence-corrected chi connectivity index (χ2v) is 8.14. The summed E-state index contributed by atoms with van der Waals surface area (Å²) < 4.78 is 14.5. The van der Waals surface area contributed by atoms with Gasteiger partial charge in [-0.1, -0.05) is 42.5 Å². The average Bonchev–Trinajstić information content (AvgIpc) is 3.39. The number of nitrogens with zero attached hydrogens (tertiary/aromatic N) is 3. The maximum absolute atomic E-state index is 14.5. The molecule has 0 spiro atoms. The van der Waals surface area contributed by atoms with E-state index >= 15 is 0 Å². The number of hydrogen-bond donors (Lipinski definition) is 2. The van der Waals surface area contributed by atoms with E-state index in [0.29, 0.717) is 25.2 Å². The summed E-state index contributed by atoms with van der Waals surface area (Å²) in [4.78, 5) is 21.2. The van der Waals surface area contributed by atoms with Gasteiger partial charge in [0.05, 0.1) is 0 Å². The number of aromatic nitrogens is 1. The lowest BCUT2D eigenvalue weighted by Gasteiger charge is -2.24. The molecule has 1 aliphatic rings. The van der Waals surface area contributed by atoms with Crippen LogP contribution in [0, 0.1) is 5.82 Å². The molecule has 3 aromatic rings. The molecule has 0 saturated carbocycles. The van der Waals surface area contributed by atoms with Crippen molar-refractivity contribution in [2.75, 3.05) is 36.0 Å². The van der Waals surface area contributed by atoms with Crippen LogP contribution < -0.4 is 20.4 Å². The summed E-state index contributed by atoms with van der Waals surface area (Å²) in [6, 6.07) is 20.7. The van der Waals surface area contributed by atoms with Gasteiger partial charge in [-0.3, -0.25) is 0 Å². The SMILES string of the molecule is O=C(NCCN(Cc1ccccc1)c1ccccn1)NCc1c(F)cccc1N1CCCC1. The maximum Gasteiger partial charge on any atom is 0.315 e. The fraction of sp³-hybridized carbons (Fsp3) is 0.308. The van der Waals surface area contributed by atoms with Gasteiger partial charge >= 0.3 is 6.03 Å². The first kappa shape index (κ1) is 22.6. The number of amides is 2. The Morgan fingerprint density at radius 2 is 1.76 bits per heavy atom. The summed E-state index contributed by atoms with van der Waals surface area (Å²) >= 11 is 0. The third kappa shape index (κ3) is 6.22. The molecule has 1 fully saturated rings. The van der Waals surface area contributed by atoms with Crippen molar-refractivity contribution in [3.63, 3.8) is 0 Å². The molecule has 1 saturated heterocycles. The summed E-state index contributed by atoms with van der Waals surface area (Å²) in [5, 5.41) is 5.71. The number of nitrogens with one attached hydrogen (secondary N) is 2. The van der Waals surface area contributed by atoms with E-state index in [9.17, 15) is 9.18 Å². The Hall–Kier alpha value is -3.61. The van der Waals surface area contributed by atoms with E-state index in [4.69, 9.17) is 0 Å². The number of urea groups is 1. The first-order valence-corrected chi connectivity index (χ1v) is 11.4. The summed E-state index contributed by atoms with van der Waals surface area (Å²) in [6.07, 6.45) is 3.99. The Kier molecular flexibility index (Phi) is 7.74. The maximum atomic E-state index is 14.5. The molecule has 6 nitrogen and oxygen atoms in total. The second-order valence-electron chi connectivity index (χ2n) is 8.14. The average molecular weight is 448 g/mol. The Bertz CT molecular complexity index is 1030. The summed E-state index contributed by atoms with van der Waals surface area (Å²) in [6.45, 7) is 3.72. The van der Waals surface area contributed by atoms with Gasteiger partial charge in [0.2, 0.25) is 0 Å². The number of carbonyl (C=O) groups excluding carboxylic acids is 1. The van der Waals surface area contributed by atoms with Crippen molar-refractivity contribution in [3.05, 3.63) is 89.9 Å². The number of pyridine rings is 1. The second kappa shape index (κ2) is 11.3. The van der Waals surface area contributed by atoms with Crippen molar-refractivity contribution >= 4 is 17.5 Å². The van der Waals surface area contributed by atoms with Gasteiger partial charge in [0.15, 0.2) is 0 Å². The van der Waals surface area contributed by atoms with Crippen LogP contribution in [0.2, 0.25) is 0 Å². The summed E-state index contributed by atoms with van der Waals surface area (Å²) in [5.74, 6) is 0.564. The molecule has 2 heterocycles. The number of halogens is 1. The minimum atomic E-state index is -0.314. The van der Waals surface area contributed by atoms with Crippen molar-refractivity contribution < 1.29 is 9.18 Å². The fourth-order valence-electron chi connectivity index (χ4n) is 4.13. The third-order valence-electron chi connectivity index (χ3n) is 5.82. The number of anilines is 2. The van der Waals surface area contributed by atoms with Crippen LogP contribution in [0.15, 0.2) is 72.9 Å². The van der Waals surface area contributed by atoms with Gasteiger partial charge in [0.25, 0.3) is 0 Å². The molecule has 172 valence electrons. The van der Waals surface area contributed by atoms with Gasteiger partial charge in [0, 0.05) is 56.7 Å². The highest BCUT2D eigenvalue weighted by Gasteiger charge is 2.18. The lowest BCUT2D eigenvalue weighted by atomic mass is 10.1. The van der Waals surface area contributed by atoms with Crippen LogP contribution in [-0.2, 0) is 13.1 Å². The highest BCUT2D eigenvalue weighted by Crippen LogP contribution is 2.26. The quantitative estimate of drug-likeness (QED) is 0.513. The van der Waals surface area contributed by atoms with Crippen LogP contribution in [0.3, 0.4) is 0 Å². The zero-order valence-electron chi connectivity index (χ0n) is 18.7. The molecule has 0 unspecified atom stereocenters. The number of carbonyl (C=O) groups is 1. The standard InChI is InChI=1S/C26H30FN5O/c27-23-11-8-12-24(31-16-6-7-17-31)22(23)19-30-26(33)29-15-18-32(25-13-4-5-14-28-25)20-21-9-2-1-3-10-21/h1-5,8-14H,6-7,15-20H2,(H2,29,30,33). The first-order chi connectivity index (χ1) is 16.2. The predicted octanol–water partition coefficient (Wildman–Crippen LogP) is 4.33. The zero-order valence-corrected chi connectivity index (χ0v) is 18.7. The van der Waals surface area contributed by atoms with Crippen LogP contribution in [0.4, 0.5) is 20.7 Å². The smallest absolute Gasteiger partial charge is 0.315 e. The van der Waals surface area contributed by atoms with Crippen molar-refractivity contribution in [1.29, 1.82) is 0 Å². The van der Waals surface area contributed by atoms with E-state index in [2.05, 4.69) is 37.6 Å². The number of benzene rings is 2. The van der Waals surface area contributed by atoms with Gasteiger partial charge in [-0.15, -0.1) is 0 Å². The van der Waals surface area contributed by atoms with Gasteiger partial charge in [-0.2, -0.15) is 0 Å². The van der Waals surface area contributed by atoms with E-state index in [0.717, 1.165) is 37.4 Å². The molecule has 0 bridgehead atoms. The van der Waals surface area contributed by atoms with Gasteiger partial charge in [-0.05, 0) is 42.7 Å². The summed E-state index contributed by atoms with van der Waals surface area (Å²) in [5.41, 5.74) is 2.58. The highest BCUT2D eigenvalue weighted by atomic mass is 19.1. The molecule has 0 radical (unpaired) electrons. The van der Waals surface area contributed by atoms with E-state index in [1.807, 2.05) is 42.5 Å². The minimum absolute atomic E-state index is 0.151. The molecule has 1 aliphatic heterocycles. The van der Waals surface area contributed by atoms with E-state index < -0.39 is 0 Å². The van der Waals surface area contributed by atoms with Gasteiger partial charge in [-0.25, -0.2) is 14.2 Å². The van der Waals surface area contributed by atoms with E-state index in [1.165, 1.54) is 11.6 Å². The molecule has 0 aliphatic carbocycles. The Morgan fingerprint density at radius 1 is 0.970 bits per heavy atom. The largest absolute Gasteiger partial charge is 0.371 e. The highest BCUT2D eigenvalue weighted by molar-refractivity contribution is 5.74. The molecular formula is C26H30FN5O. The molecule has 7 heteroatoms. The predicted molar refractivity (Wildman–Crippen MR) is 130 cm³/mol. The van der Waals surface area contributed by atoms with E-state index in [1.54, 1.807) is 12.3 Å². The Morgan fingerprint density at radius 3 is 2.52 bits per heavy atom. The molecule has 2 aromatic carbocycles. The molecule has 2 amide bonds. The number of hydrogen-bond acceptors (Lipinski definition) is 4. The number of rotatable bonds is 9. The van der Waals surface area contributed by atoms with Crippen molar-refractivity contribution in [2.45, 2.75) is 25.9 Å². The lowest BCUT2D eigenvalue weighted by molar-refractivity contribution is 0.240. The topological polar surface area (TPSA) is 60.5 Å². The molecule has 0 atom stereocenters. The van der Waals surface area contributed by atoms with Gasteiger partial charge in [0.1, 0.15) is 11.6 Å². The van der Waals surface area contributed by atoms with Crippen LogP contribution in [0.25, 0.3) is 0 Å². The lowest BCUT2D eigenvalue weighted by Crippen LogP contribution is -2.40. The molecular weight excluding hydrogens is 417 g/mol. The van der Waals surface area contributed by atoms with Crippen molar-refractivity contribution in [1.82, 2.24) is 15.6 Å². The summed E-state index contributed by atoms with van der Waals surface area (Å²) in [7, 11) is 0. The molecule has 4 rings (SSSR count). The van der Waals surface area contributed by atoms with Crippen LogP contribution in [-0.4, -0.2) is 37.2 Å². The minimum Gasteiger partial charge on any atom is -0.371 e. The van der Waals surface area contributed by atoms with Crippen LogP contribution >= 0.6 is 0 Å². The third-order valence-corrected chi connectivity index (χ3v) is 5.82.